The fraction of sp³-hybridized carbons (Fsp3) is 0.312. The molecular weight excluding hydrogens is 611 g/mol. The molecule has 3 aromatic heterocycles. The maximum atomic E-state index is 15.3. The summed E-state index contributed by atoms with van der Waals surface area (Å²) < 4.78 is 45.0. The number of methoxy groups -OCH3 is 2. The van der Waals surface area contributed by atoms with Crippen molar-refractivity contribution in [1.29, 1.82) is 0 Å². The zero-order chi connectivity index (χ0) is 33.1. The van der Waals surface area contributed by atoms with Crippen LogP contribution in [-0.2, 0) is 4.74 Å². The Hall–Kier alpha value is -5.73. The van der Waals surface area contributed by atoms with Crippen molar-refractivity contribution in [1.82, 2.24) is 34.6 Å². The first-order chi connectivity index (χ1) is 22.6. The average molecular weight is 645 g/mol. The zero-order valence-corrected chi connectivity index (χ0v) is 26.4. The molecule has 1 N–H and O–H groups in total. The minimum absolute atomic E-state index is 0.167. The summed E-state index contributed by atoms with van der Waals surface area (Å²) >= 11 is 0. The van der Waals surface area contributed by atoms with Crippen molar-refractivity contribution >= 4 is 28.5 Å². The molecular formula is C32H33FN8O6. The van der Waals surface area contributed by atoms with E-state index in [1.807, 2.05) is 20.8 Å². The number of halogens is 1. The highest BCUT2D eigenvalue weighted by atomic mass is 19.1. The van der Waals surface area contributed by atoms with E-state index in [-0.39, 0.29) is 35.5 Å². The maximum absolute atomic E-state index is 15.3. The van der Waals surface area contributed by atoms with Crippen LogP contribution < -0.4 is 24.3 Å². The minimum atomic E-state index is -0.591. The van der Waals surface area contributed by atoms with Crippen LogP contribution in [0.2, 0.25) is 0 Å². The number of ether oxygens (including phenoxy) is 5. The molecule has 47 heavy (non-hydrogen) atoms. The largest absolute Gasteiger partial charge is 0.493 e. The molecule has 1 fully saturated rings. The summed E-state index contributed by atoms with van der Waals surface area (Å²) in [6, 6.07) is 9.73. The molecule has 0 radical (unpaired) electrons. The van der Waals surface area contributed by atoms with Crippen molar-refractivity contribution in [2.75, 3.05) is 32.6 Å². The minimum Gasteiger partial charge on any atom is -0.493 e. The highest BCUT2D eigenvalue weighted by Gasteiger charge is 2.31. The van der Waals surface area contributed by atoms with Crippen LogP contribution in [0, 0.1) is 5.82 Å². The fourth-order valence-corrected chi connectivity index (χ4v) is 4.86. The third-order valence-electron chi connectivity index (χ3n) is 7.05. The van der Waals surface area contributed by atoms with Gasteiger partial charge in [0.15, 0.2) is 11.5 Å². The Balaban J connectivity index is 1.17. The Morgan fingerprint density at radius 2 is 1.81 bits per heavy atom. The van der Waals surface area contributed by atoms with E-state index in [4.69, 9.17) is 23.7 Å². The van der Waals surface area contributed by atoms with E-state index in [1.54, 1.807) is 47.8 Å². The van der Waals surface area contributed by atoms with Gasteiger partial charge in [-0.2, -0.15) is 0 Å². The SMILES string of the molecule is COc1ncc(-n2ccc(Oc3ccc(Nc4ncnc5cc(OC)c(O[C@H]6CCN(C(=O)OC(C)(C)C)C6)cc45)c(F)c3)n2)cn1. The maximum Gasteiger partial charge on any atom is 0.410 e. The van der Waals surface area contributed by atoms with Crippen molar-refractivity contribution in [3.63, 3.8) is 0 Å². The van der Waals surface area contributed by atoms with Gasteiger partial charge in [0.05, 0.1) is 44.4 Å². The number of anilines is 2. The molecule has 15 heteroatoms. The molecule has 5 aromatic rings. The molecule has 1 saturated heterocycles. The van der Waals surface area contributed by atoms with Crippen LogP contribution in [0.15, 0.2) is 61.3 Å². The van der Waals surface area contributed by atoms with E-state index in [9.17, 15) is 4.79 Å². The summed E-state index contributed by atoms with van der Waals surface area (Å²) in [6.45, 7) is 6.35. The first-order valence-corrected chi connectivity index (χ1v) is 14.7. The van der Waals surface area contributed by atoms with Gasteiger partial charge in [0, 0.05) is 42.7 Å². The monoisotopic (exact) mass is 644 g/mol. The van der Waals surface area contributed by atoms with Gasteiger partial charge in [-0.1, -0.05) is 0 Å². The van der Waals surface area contributed by atoms with Crippen LogP contribution in [0.1, 0.15) is 27.2 Å². The molecule has 0 aliphatic carbocycles. The number of fused-ring (bicyclic) bond motifs is 1. The van der Waals surface area contributed by atoms with Crippen molar-refractivity contribution in [2.24, 2.45) is 0 Å². The van der Waals surface area contributed by atoms with Gasteiger partial charge in [-0.05, 0) is 39.0 Å². The number of carbonyl (C=O) groups is 1. The lowest BCUT2D eigenvalue weighted by Gasteiger charge is -2.24. The van der Waals surface area contributed by atoms with Crippen LogP contribution >= 0.6 is 0 Å². The van der Waals surface area contributed by atoms with Gasteiger partial charge in [-0.3, -0.25) is 0 Å². The van der Waals surface area contributed by atoms with Gasteiger partial charge in [-0.15, -0.1) is 5.10 Å². The number of benzene rings is 2. The van der Waals surface area contributed by atoms with Gasteiger partial charge in [-0.25, -0.2) is 33.8 Å². The Morgan fingerprint density at radius 1 is 1.00 bits per heavy atom. The molecule has 1 aliphatic rings. The molecule has 0 saturated carbocycles. The molecule has 0 bridgehead atoms. The highest BCUT2D eigenvalue weighted by Crippen LogP contribution is 2.37. The lowest BCUT2D eigenvalue weighted by molar-refractivity contribution is 0.0275. The van der Waals surface area contributed by atoms with E-state index < -0.39 is 11.4 Å². The number of rotatable bonds is 9. The molecule has 1 atom stereocenters. The number of carbonyl (C=O) groups excluding carboxylic acids is 1. The van der Waals surface area contributed by atoms with Crippen LogP contribution in [0.4, 0.5) is 20.7 Å². The third-order valence-corrected chi connectivity index (χ3v) is 7.05. The fourth-order valence-electron chi connectivity index (χ4n) is 4.86. The van der Waals surface area contributed by atoms with Gasteiger partial charge < -0.3 is 33.9 Å². The molecule has 0 unspecified atom stereocenters. The molecule has 1 amide bonds. The highest BCUT2D eigenvalue weighted by molar-refractivity contribution is 5.93. The molecule has 14 nitrogen and oxygen atoms in total. The van der Waals surface area contributed by atoms with E-state index in [0.29, 0.717) is 53.4 Å². The second-order valence-corrected chi connectivity index (χ2v) is 11.6. The Kier molecular flexibility index (Phi) is 8.61. The number of aromatic nitrogens is 6. The molecule has 2 aromatic carbocycles. The van der Waals surface area contributed by atoms with Crippen molar-refractivity contribution in [2.45, 2.75) is 38.9 Å². The predicted octanol–water partition coefficient (Wildman–Crippen LogP) is 5.69. The van der Waals surface area contributed by atoms with E-state index in [0.717, 1.165) is 0 Å². The molecule has 0 spiro atoms. The first kappa shape index (κ1) is 31.3. The first-order valence-electron chi connectivity index (χ1n) is 14.7. The van der Waals surface area contributed by atoms with Crippen LogP contribution in [0.3, 0.4) is 0 Å². The van der Waals surface area contributed by atoms with Crippen LogP contribution in [-0.4, -0.2) is 79.7 Å². The summed E-state index contributed by atoms with van der Waals surface area (Å²) in [5, 5.41) is 7.98. The van der Waals surface area contributed by atoms with Gasteiger partial charge >= 0.3 is 12.1 Å². The summed E-state index contributed by atoms with van der Waals surface area (Å²) in [5.41, 5.74) is 0.736. The second kappa shape index (κ2) is 12.9. The lowest BCUT2D eigenvalue weighted by atomic mass is 10.2. The number of hydrogen-bond acceptors (Lipinski definition) is 12. The van der Waals surface area contributed by atoms with Crippen LogP contribution in [0.25, 0.3) is 16.6 Å². The van der Waals surface area contributed by atoms with Gasteiger partial charge in [0.1, 0.15) is 41.1 Å². The van der Waals surface area contributed by atoms with Crippen molar-refractivity contribution in [3.8, 4) is 34.8 Å². The van der Waals surface area contributed by atoms with Crippen LogP contribution in [0.5, 0.6) is 29.1 Å². The molecule has 1 aliphatic heterocycles. The van der Waals surface area contributed by atoms with Gasteiger partial charge in [0.25, 0.3) is 0 Å². The standard InChI is InChI=1S/C32H33FN8O6/c1-32(2,3)47-31(42)40-10-8-21(17-40)45-27-13-22-25(14-26(27)43-4)36-18-37-29(22)38-24-7-6-20(12-23(24)33)46-28-9-11-41(39-28)19-15-34-30(44-5)35-16-19/h6-7,9,11-16,18,21H,8,10,17H2,1-5H3,(H,36,37,38)/t21-/m0/s1. The van der Waals surface area contributed by atoms with Crippen molar-refractivity contribution in [3.05, 3.63) is 67.1 Å². The second-order valence-electron chi connectivity index (χ2n) is 11.6. The normalized spacial score (nSPS) is 14.6. The number of hydrogen-bond donors (Lipinski definition) is 1. The molecule has 4 heterocycles. The Morgan fingerprint density at radius 3 is 2.53 bits per heavy atom. The van der Waals surface area contributed by atoms with Crippen molar-refractivity contribution < 1.29 is 32.9 Å². The Bertz CT molecular complexity index is 1900. The van der Waals surface area contributed by atoms with Gasteiger partial charge in [0.2, 0.25) is 5.88 Å². The smallest absolute Gasteiger partial charge is 0.410 e. The zero-order valence-electron chi connectivity index (χ0n) is 26.4. The summed E-state index contributed by atoms with van der Waals surface area (Å²) in [5.74, 6) is 1.19. The third kappa shape index (κ3) is 7.24. The summed E-state index contributed by atoms with van der Waals surface area (Å²) in [6.07, 6.45) is 6.11. The number of likely N-dealkylation sites (tertiary alicyclic amines) is 1. The number of amides is 1. The van der Waals surface area contributed by atoms with E-state index >= 15 is 4.39 Å². The quantitative estimate of drug-likeness (QED) is 0.210. The van der Waals surface area contributed by atoms with E-state index in [1.165, 1.54) is 37.4 Å². The van der Waals surface area contributed by atoms with E-state index in [2.05, 4.69) is 30.4 Å². The number of nitrogens with zero attached hydrogens (tertiary/aromatic N) is 7. The predicted molar refractivity (Wildman–Crippen MR) is 168 cm³/mol. The summed E-state index contributed by atoms with van der Waals surface area (Å²) in [7, 11) is 3.02. The Labute approximate surface area is 269 Å². The average Bonchev–Trinajstić information content (AvgIpc) is 3.72. The lowest BCUT2D eigenvalue weighted by Crippen LogP contribution is -2.36. The molecule has 6 rings (SSSR count). The number of nitrogens with one attached hydrogen (secondary N) is 1. The molecule has 244 valence electrons. The topological polar surface area (TPSA) is 148 Å². The summed E-state index contributed by atoms with van der Waals surface area (Å²) in [4.78, 5) is 31.0.